The van der Waals surface area contributed by atoms with E-state index in [-0.39, 0.29) is 5.91 Å². The lowest BCUT2D eigenvalue weighted by Crippen LogP contribution is -2.17. The molecular formula is C19H16N6OS. The second-order valence-corrected chi connectivity index (χ2v) is 6.59. The molecule has 0 fully saturated rings. The molecule has 1 heterocycles. The number of carbonyl (C=O) groups is 1. The predicted octanol–water partition coefficient (Wildman–Crippen LogP) is 2.74. The topological polar surface area (TPSA) is 96.0 Å². The highest BCUT2D eigenvalue weighted by atomic mass is 32.2. The van der Waals surface area contributed by atoms with Crippen molar-refractivity contribution in [1.82, 2.24) is 20.2 Å². The van der Waals surface area contributed by atoms with Gasteiger partial charge in [0.05, 0.1) is 17.8 Å². The summed E-state index contributed by atoms with van der Waals surface area (Å²) in [5, 5.41) is 21.4. The van der Waals surface area contributed by atoms with E-state index in [0.717, 1.165) is 22.0 Å². The second kappa shape index (κ2) is 8.78. The average Bonchev–Trinajstić information content (AvgIpc) is 3.12. The van der Waals surface area contributed by atoms with Crippen molar-refractivity contribution in [2.45, 2.75) is 10.9 Å². The van der Waals surface area contributed by atoms with Gasteiger partial charge < -0.3 is 4.57 Å². The van der Waals surface area contributed by atoms with Crippen molar-refractivity contribution in [1.29, 1.82) is 5.26 Å². The summed E-state index contributed by atoms with van der Waals surface area (Å²) >= 11 is 1.58. The Kier molecular flexibility index (Phi) is 5.97. The van der Waals surface area contributed by atoms with Gasteiger partial charge in [0.1, 0.15) is 6.33 Å². The van der Waals surface area contributed by atoms with Gasteiger partial charge in [-0.2, -0.15) is 10.4 Å². The largest absolute Gasteiger partial charge is 0.312 e. The Morgan fingerprint density at radius 3 is 2.63 bits per heavy atom. The lowest BCUT2D eigenvalue weighted by atomic mass is 10.1. The molecule has 8 heteroatoms. The highest BCUT2D eigenvalue weighted by Gasteiger charge is 2.06. The zero-order valence-electron chi connectivity index (χ0n) is 14.5. The molecule has 134 valence electrons. The summed E-state index contributed by atoms with van der Waals surface area (Å²) in [6, 6.07) is 16.3. The second-order valence-electron chi connectivity index (χ2n) is 5.64. The molecule has 1 aromatic heterocycles. The van der Waals surface area contributed by atoms with Gasteiger partial charge in [-0.3, -0.25) is 4.79 Å². The van der Waals surface area contributed by atoms with Crippen LogP contribution in [0.1, 0.15) is 27.0 Å². The summed E-state index contributed by atoms with van der Waals surface area (Å²) in [6.45, 7) is 0. The van der Waals surface area contributed by atoms with Gasteiger partial charge in [0.25, 0.3) is 5.91 Å². The maximum atomic E-state index is 12.1. The fourth-order valence-corrected chi connectivity index (χ4v) is 3.02. The maximum absolute atomic E-state index is 12.1. The Hall–Kier alpha value is -3.44. The Bertz CT molecular complexity index is 986. The van der Waals surface area contributed by atoms with Crippen molar-refractivity contribution in [2.24, 2.45) is 12.1 Å². The van der Waals surface area contributed by atoms with Gasteiger partial charge in [-0.25, -0.2) is 5.43 Å². The number of benzene rings is 2. The number of nitriles is 1. The average molecular weight is 376 g/mol. The van der Waals surface area contributed by atoms with Crippen molar-refractivity contribution in [2.75, 3.05) is 0 Å². The van der Waals surface area contributed by atoms with Gasteiger partial charge in [-0.15, -0.1) is 10.2 Å². The van der Waals surface area contributed by atoms with Crippen molar-refractivity contribution >= 4 is 23.9 Å². The Morgan fingerprint density at radius 1 is 1.26 bits per heavy atom. The summed E-state index contributed by atoms with van der Waals surface area (Å²) < 4.78 is 1.86. The molecule has 0 saturated heterocycles. The summed E-state index contributed by atoms with van der Waals surface area (Å²) in [6.07, 6.45) is 3.19. The van der Waals surface area contributed by atoms with E-state index in [1.165, 1.54) is 6.21 Å². The molecule has 27 heavy (non-hydrogen) atoms. The maximum Gasteiger partial charge on any atom is 0.271 e. The normalized spacial score (nSPS) is 10.7. The lowest BCUT2D eigenvalue weighted by Gasteiger charge is -2.03. The third-order valence-electron chi connectivity index (χ3n) is 3.67. The molecule has 0 radical (unpaired) electrons. The SMILES string of the molecule is Cn1cnnc1SCc1ccc(C(=O)N/N=C\c2ccc(C#N)cc2)cc1. The number of rotatable bonds is 6. The minimum absolute atomic E-state index is 0.285. The number of amides is 1. The van der Waals surface area contributed by atoms with Gasteiger partial charge in [0, 0.05) is 18.4 Å². The van der Waals surface area contributed by atoms with Gasteiger partial charge in [0.2, 0.25) is 0 Å². The lowest BCUT2D eigenvalue weighted by molar-refractivity contribution is 0.0955. The zero-order chi connectivity index (χ0) is 19.1. The summed E-state index contributed by atoms with van der Waals surface area (Å²) in [5.41, 5.74) is 5.48. The molecule has 2 aromatic carbocycles. The summed E-state index contributed by atoms with van der Waals surface area (Å²) in [5.74, 6) is 0.457. The summed E-state index contributed by atoms with van der Waals surface area (Å²) in [7, 11) is 1.90. The number of hydrogen-bond donors (Lipinski definition) is 1. The number of nitrogens with one attached hydrogen (secondary N) is 1. The highest BCUT2D eigenvalue weighted by molar-refractivity contribution is 7.98. The van der Waals surface area contributed by atoms with E-state index in [2.05, 4.69) is 26.8 Å². The molecule has 0 saturated carbocycles. The smallest absolute Gasteiger partial charge is 0.271 e. The monoisotopic (exact) mass is 376 g/mol. The van der Waals surface area contributed by atoms with Gasteiger partial charge in [0.15, 0.2) is 5.16 Å². The first-order valence-electron chi connectivity index (χ1n) is 8.05. The first kappa shape index (κ1) is 18.4. The van der Waals surface area contributed by atoms with Crippen LogP contribution in [0.4, 0.5) is 0 Å². The fourth-order valence-electron chi connectivity index (χ4n) is 2.18. The number of aromatic nitrogens is 3. The quantitative estimate of drug-likeness (QED) is 0.405. The number of thioether (sulfide) groups is 1. The van der Waals surface area contributed by atoms with Crippen molar-refractivity contribution in [3.63, 3.8) is 0 Å². The van der Waals surface area contributed by atoms with Crippen LogP contribution in [0.3, 0.4) is 0 Å². The summed E-state index contributed by atoms with van der Waals surface area (Å²) in [4.78, 5) is 12.1. The van der Waals surface area contributed by atoms with Gasteiger partial charge >= 0.3 is 0 Å². The molecule has 7 nitrogen and oxygen atoms in total. The van der Waals surface area contributed by atoms with Crippen molar-refractivity contribution < 1.29 is 4.79 Å². The zero-order valence-corrected chi connectivity index (χ0v) is 15.3. The predicted molar refractivity (Wildman–Crippen MR) is 103 cm³/mol. The van der Waals surface area contributed by atoms with Crippen LogP contribution in [0.15, 0.2) is 65.1 Å². The van der Waals surface area contributed by atoms with E-state index in [1.807, 2.05) is 23.7 Å². The standard InChI is InChI=1S/C19H16N6OS/c1-25-13-22-24-19(25)27-12-16-6-8-17(9-7-16)18(26)23-21-11-15-4-2-14(10-20)3-5-15/h2-9,11,13H,12H2,1H3,(H,23,26)/b21-11-. The molecule has 0 aliphatic carbocycles. The third kappa shape index (κ3) is 5.03. The number of carbonyl (C=O) groups excluding carboxylic acids is 1. The minimum Gasteiger partial charge on any atom is -0.312 e. The van der Waals surface area contributed by atoms with Crippen LogP contribution >= 0.6 is 11.8 Å². The van der Waals surface area contributed by atoms with E-state index >= 15 is 0 Å². The van der Waals surface area contributed by atoms with Gasteiger partial charge in [-0.05, 0) is 35.4 Å². The minimum atomic E-state index is -0.285. The molecule has 3 aromatic rings. The molecule has 0 aliphatic rings. The van der Waals surface area contributed by atoms with Crippen LogP contribution in [-0.2, 0) is 12.8 Å². The van der Waals surface area contributed by atoms with Crippen molar-refractivity contribution in [3.8, 4) is 6.07 Å². The number of aryl methyl sites for hydroxylation is 1. The van der Waals surface area contributed by atoms with Crippen molar-refractivity contribution in [3.05, 3.63) is 77.1 Å². The fraction of sp³-hybridized carbons (Fsp3) is 0.105. The first-order chi connectivity index (χ1) is 13.2. The van der Waals surface area contributed by atoms with E-state index in [4.69, 9.17) is 5.26 Å². The Labute approximate surface area is 160 Å². The van der Waals surface area contributed by atoms with Gasteiger partial charge in [-0.1, -0.05) is 36.0 Å². The molecule has 3 rings (SSSR count). The van der Waals surface area contributed by atoms with E-state index < -0.39 is 0 Å². The van der Waals surface area contributed by atoms with Crippen LogP contribution in [0, 0.1) is 11.3 Å². The van der Waals surface area contributed by atoms with Crippen LogP contribution in [0.5, 0.6) is 0 Å². The molecule has 0 unspecified atom stereocenters. The number of nitrogens with zero attached hydrogens (tertiary/aromatic N) is 5. The Morgan fingerprint density at radius 2 is 2.00 bits per heavy atom. The molecular weight excluding hydrogens is 360 g/mol. The molecule has 0 atom stereocenters. The van der Waals surface area contributed by atoms with E-state index in [0.29, 0.717) is 11.1 Å². The van der Waals surface area contributed by atoms with Crippen LogP contribution < -0.4 is 5.43 Å². The third-order valence-corrected chi connectivity index (χ3v) is 4.78. The molecule has 0 bridgehead atoms. The Balaban J connectivity index is 1.53. The first-order valence-corrected chi connectivity index (χ1v) is 9.03. The molecule has 1 amide bonds. The molecule has 0 aliphatic heterocycles. The van der Waals surface area contributed by atoms with E-state index in [9.17, 15) is 4.79 Å². The number of hydrogen-bond acceptors (Lipinski definition) is 6. The van der Waals surface area contributed by atoms with Crippen LogP contribution in [0.25, 0.3) is 0 Å². The van der Waals surface area contributed by atoms with Crippen LogP contribution in [-0.4, -0.2) is 26.9 Å². The molecule has 0 spiro atoms. The number of hydrazone groups is 1. The van der Waals surface area contributed by atoms with Crippen LogP contribution in [0.2, 0.25) is 0 Å². The molecule has 1 N–H and O–H groups in total. The highest BCUT2D eigenvalue weighted by Crippen LogP contribution is 2.20. The van der Waals surface area contributed by atoms with E-state index in [1.54, 1.807) is 54.5 Å².